The van der Waals surface area contributed by atoms with Crippen LogP contribution in [0, 0.1) is 12.8 Å². The van der Waals surface area contributed by atoms with E-state index in [4.69, 9.17) is 9.15 Å². The molecule has 40 heavy (non-hydrogen) atoms. The smallest absolute Gasteiger partial charge is 0.306 e. The Labute approximate surface area is 233 Å². The molecule has 2 aromatic carbocycles. The lowest BCUT2D eigenvalue weighted by Crippen LogP contribution is -2.50. The van der Waals surface area contributed by atoms with Gasteiger partial charge in [-0.1, -0.05) is 30.3 Å². The topological polar surface area (TPSA) is 93.0 Å². The van der Waals surface area contributed by atoms with Crippen LogP contribution in [0.4, 0.5) is 4.39 Å². The number of amides is 2. The fourth-order valence-electron chi connectivity index (χ4n) is 5.77. The second-order valence-electron chi connectivity index (χ2n) is 10.9. The van der Waals surface area contributed by atoms with Crippen LogP contribution in [0.15, 0.2) is 46.9 Å². The first-order valence-corrected chi connectivity index (χ1v) is 14.1. The Balaban J connectivity index is 1.21. The maximum atomic E-state index is 14.5. The number of aryl methyl sites for hydroxylation is 1. The highest BCUT2D eigenvalue weighted by atomic mass is 19.1. The van der Waals surface area contributed by atoms with Crippen LogP contribution in [-0.2, 0) is 32.0 Å². The third kappa shape index (κ3) is 6.35. The van der Waals surface area contributed by atoms with E-state index in [1.54, 1.807) is 17.9 Å². The highest BCUT2D eigenvalue weighted by Gasteiger charge is 2.42. The number of aromatic nitrogens is 1. The van der Waals surface area contributed by atoms with Crippen molar-refractivity contribution in [2.24, 2.45) is 5.92 Å². The predicted molar refractivity (Wildman–Crippen MR) is 147 cm³/mol. The molecule has 5 rings (SSSR count). The fourth-order valence-corrected chi connectivity index (χ4v) is 5.77. The average molecular weight is 550 g/mol. The number of hydrogen-bond acceptors (Lipinski definition) is 6. The standard InChI is InChI=1S/C31H36FN3O5/c1-3-39-30(37)16-21-10-12-34(13-11-21)31(38)26-18-24(32)19-35(26)29(36)15-22-8-9-25-27(14-22)40-28(33-25)17-23-7-5-4-6-20(23)2/h4-9,14,21,24,26H,3,10-13,15-19H2,1-2H3/t24-,26-/m0/s1. The van der Waals surface area contributed by atoms with Crippen molar-refractivity contribution in [3.05, 3.63) is 65.0 Å². The first-order chi connectivity index (χ1) is 19.3. The van der Waals surface area contributed by atoms with Crippen molar-refractivity contribution in [3.8, 4) is 0 Å². The lowest BCUT2D eigenvalue weighted by atomic mass is 9.93. The molecule has 212 valence electrons. The summed E-state index contributed by atoms with van der Waals surface area (Å²) in [5.74, 6) is 0.0568. The van der Waals surface area contributed by atoms with Crippen LogP contribution in [-0.4, -0.2) is 71.0 Å². The van der Waals surface area contributed by atoms with Gasteiger partial charge in [0.15, 0.2) is 11.5 Å². The van der Waals surface area contributed by atoms with Crippen LogP contribution in [0.25, 0.3) is 11.1 Å². The summed E-state index contributed by atoms with van der Waals surface area (Å²) in [5.41, 5.74) is 4.33. The lowest BCUT2D eigenvalue weighted by Gasteiger charge is -2.35. The Hall–Kier alpha value is -3.75. The van der Waals surface area contributed by atoms with E-state index >= 15 is 0 Å². The van der Waals surface area contributed by atoms with Crippen molar-refractivity contribution in [2.45, 2.75) is 64.6 Å². The minimum atomic E-state index is -1.24. The van der Waals surface area contributed by atoms with Crippen molar-refractivity contribution in [3.63, 3.8) is 0 Å². The van der Waals surface area contributed by atoms with Crippen LogP contribution in [0.3, 0.4) is 0 Å². The molecule has 3 heterocycles. The largest absolute Gasteiger partial charge is 0.466 e. The molecule has 0 N–H and O–H groups in total. The first-order valence-electron chi connectivity index (χ1n) is 14.1. The van der Waals surface area contributed by atoms with Crippen LogP contribution in [0.5, 0.6) is 0 Å². The number of carbonyl (C=O) groups excluding carboxylic acids is 3. The minimum absolute atomic E-state index is 0.0106. The predicted octanol–water partition coefficient (Wildman–Crippen LogP) is 4.40. The van der Waals surface area contributed by atoms with Gasteiger partial charge in [-0.05, 0) is 61.4 Å². The SMILES string of the molecule is CCOC(=O)CC1CCN(C(=O)[C@@H]2C[C@H](F)CN2C(=O)Cc2ccc3nc(Cc4ccccc4C)oc3c2)CC1. The number of fused-ring (bicyclic) bond motifs is 1. The number of likely N-dealkylation sites (tertiary alicyclic amines) is 2. The van der Waals surface area contributed by atoms with Gasteiger partial charge < -0.3 is 19.0 Å². The van der Waals surface area contributed by atoms with E-state index in [2.05, 4.69) is 4.98 Å². The number of halogens is 1. The monoisotopic (exact) mass is 549 g/mol. The lowest BCUT2D eigenvalue weighted by molar-refractivity contribution is -0.146. The van der Waals surface area contributed by atoms with E-state index in [1.807, 2.05) is 43.3 Å². The van der Waals surface area contributed by atoms with E-state index in [-0.39, 0.29) is 43.1 Å². The highest BCUT2D eigenvalue weighted by molar-refractivity contribution is 5.89. The summed E-state index contributed by atoms with van der Waals surface area (Å²) >= 11 is 0. The molecule has 3 aromatic rings. The van der Waals surface area contributed by atoms with Crippen molar-refractivity contribution in [1.82, 2.24) is 14.8 Å². The molecule has 2 aliphatic heterocycles. The van der Waals surface area contributed by atoms with E-state index in [1.165, 1.54) is 4.90 Å². The molecule has 9 heteroatoms. The number of piperidine rings is 1. The van der Waals surface area contributed by atoms with Gasteiger partial charge in [0, 0.05) is 32.4 Å². The average Bonchev–Trinajstić information content (AvgIpc) is 3.52. The normalized spacial score (nSPS) is 19.8. The van der Waals surface area contributed by atoms with Crippen molar-refractivity contribution in [2.75, 3.05) is 26.2 Å². The zero-order chi connectivity index (χ0) is 28.2. The van der Waals surface area contributed by atoms with Gasteiger partial charge in [0.25, 0.3) is 0 Å². The molecule has 0 saturated carbocycles. The summed E-state index contributed by atoms with van der Waals surface area (Å²) in [5, 5.41) is 0. The third-order valence-electron chi connectivity index (χ3n) is 8.00. The van der Waals surface area contributed by atoms with Gasteiger partial charge in [-0.3, -0.25) is 14.4 Å². The number of nitrogens with zero attached hydrogens (tertiary/aromatic N) is 3. The minimum Gasteiger partial charge on any atom is -0.466 e. The van der Waals surface area contributed by atoms with Gasteiger partial charge >= 0.3 is 5.97 Å². The van der Waals surface area contributed by atoms with Crippen molar-refractivity contribution >= 4 is 28.9 Å². The fraction of sp³-hybridized carbons (Fsp3) is 0.484. The molecule has 2 saturated heterocycles. The highest BCUT2D eigenvalue weighted by Crippen LogP contribution is 2.28. The Bertz CT molecular complexity index is 1380. The first kappa shape index (κ1) is 27.8. The summed E-state index contributed by atoms with van der Waals surface area (Å²) in [4.78, 5) is 46.1. The second kappa shape index (κ2) is 12.2. The van der Waals surface area contributed by atoms with Crippen molar-refractivity contribution < 1.29 is 27.9 Å². The Kier molecular flexibility index (Phi) is 8.47. The zero-order valence-corrected chi connectivity index (χ0v) is 23.1. The van der Waals surface area contributed by atoms with Gasteiger partial charge in [0.2, 0.25) is 11.8 Å². The number of rotatable bonds is 8. The zero-order valence-electron chi connectivity index (χ0n) is 23.1. The maximum absolute atomic E-state index is 14.5. The number of alkyl halides is 1. The molecule has 2 fully saturated rings. The number of hydrogen-bond donors (Lipinski definition) is 0. The van der Waals surface area contributed by atoms with E-state index in [0.717, 1.165) is 16.7 Å². The van der Waals surface area contributed by atoms with Crippen LogP contribution in [0.2, 0.25) is 0 Å². The number of oxazole rings is 1. The Morgan fingerprint density at radius 1 is 1.12 bits per heavy atom. The van der Waals surface area contributed by atoms with Gasteiger partial charge in [-0.15, -0.1) is 0 Å². The molecule has 8 nitrogen and oxygen atoms in total. The third-order valence-corrected chi connectivity index (χ3v) is 8.00. The van der Waals surface area contributed by atoms with Gasteiger partial charge in [-0.25, -0.2) is 9.37 Å². The molecule has 2 amide bonds. The molecule has 0 radical (unpaired) electrons. The quantitative estimate of drug-likeness (QED) is 0.387. The molecule has 0 bridgehead atoms. The maximum Gasteiger partial charge on any atom is 0.306 e. The van der Waals surface area contributed by atoms with E-state index in [9.17, 15) is 18.8 Å². The van der Waals surface area contributed by atoms with Crippen LogP contribution in [0.1, 0.15) is 55.2 Å². The molecule has 1 aromatic heterocycles. The van der Waals surface area contributed by atoms with Gasteiger partial charge in [0.1, 0.15) is 17.7 Å². The Morgan fingerprint density at radius 3 is 2.65 bits per heavy atom. The molecule has 0 unspecified atom stereocenters. The molecule has 0 aliphatic carbocycles. The van der Waals surface area contributed by atoms with Crippen LogP contribution >= 0.6 is 0 Å². The van der Waals surface area contributed by atoms with E-state index in [0.29, 0.717) is 62.4 Å². The van der Waals surface area contributed by atoms with Crippen LogP contribution < -0.4 is 0 Å². The number of esters is 1. The number of benzene rings is 2. The summed E-state index contributed by atoms with van der Waals surface area (Å²) in [6.07, 6.45) is 1.11. The summed E-state index contributed by atoms with van der Waals surface area (Å²) in [6, 6.07) is 12.7. The molecule has 2 aliphatic rings. The molecule has 0 spiro atoms. The molecular weight excluding hydrogens is 513 g/mol. The summed E-state index contributed by atoms with van der Waals surface area (Å²) in [7, 11) is 0. The Morgan fingerprint density at radius 2 is 1.90 bits per heavy atom. The second-order valence-corrected chi connectivity index (χ2v) is 10.9. The van der Waals surface area contributed by atoms with E-state index < -0.39 is 12.2 Å². The molecular formula is C31H36FN3O5. The van der Waals surface area contributed by atoms with Crippen molar-refractivity contribution in [1.29, 1.82) is 0 Å². The van der Waals surface area contributed by atoms with Gasteiger partial charge in [0.05, 0.1) is 19.6 Å². The number of carbonyl (C=O) groups is 3. The van der Waals surface area contributed by atoms with Gasteiger partial charge in [-0.2, -0.15) is 0 Å². The summed E-state index contributed by atoms with van der Waals surface area (Å²) in [6.45, 7) is 5.08. The molecule has 2 atom stereocenters. The number of ether oxygens (including phenoxy) is 1. The summed E-state index contributed by atoms with van der Waals surface area (Å²) < 4.78 is 25.5.